The van der Waals surface area contributed by atoms with Crippen molar-refractivity contribution >= 4 is 21.7 Å². The first kappa shape index (κ1) is 17.7. The lowest BCUT2D eigenvalue weighted by molar-refractivity contribution is 0.0693. The number of rotatable bonds is 5. The first-order valence-electron chi connectivity index (χ1n) is 7.03. The fraction of sp³-hybridized carbons (Fsp3) is 0.188. The Bertz CT molecular complexity index is 895. The average Bonchev–Trinajstić information content (AvgIpc) is 2.49. The Balaban J connectivity index is 2.67. The number of aromatic hydroxyl groups is 1. The molecule has 0 saturated heterocycles. The van der Waals surface area contributed by atoms with Crippen molar-refractivity contribution in [2.24, 2.45) is 0 Å². The standard InChI is InChI=1S/C16H16FNO5S/c1-3-18(12-6-4-5-11(17)9-12)24(22,23)14-8-10(2)7-13(15(14)19)16(20)21/h4-9,19H,3H2,1-2H3,(H,20,21). The summed E-state index contributed by atoms with van der Waals surface area (Å²) in [5.41, 5.74) is -0.0711. The van der Waals surface area contributed by atoms with Crippen LogP contribution in [0.4, 0.5) is 10.1 Å². The Morgan fingerprint density at radius 2 is 1.92 bits per heavy atom. The first-order valence-corrected chi connectivity index (χ1v) is 8.47. The van der Waals surface area contributed by atoms with Crippen molar-refractivity contribution in [3.63, 3.8) is 0 Å². The van der Waals surface area contributed by atoms with Gasteiger partial charge in [-0.25, -0.2) is 17.6 Å². The van der Waals surface area contributed by atoms with Gasteiger partial charge in [-0.2, -0.15) is 0 Å². The molecule has 24 heavy (non-hydrogen) atoms. The normalized spacial score (nSPS) is 11.3. The van der Waals surface area contributed by atoms with Gasteiger partial charge < -0.3 is 10.2 Å². The monoisotopic (exact) mass is 353 g/mol. The number of benzene rings is 2. The van der Waals surface area contributed by atoms with Gasteiger partial charge in [0, 0.05) is 6.54 Å². The highest BCUT2D eigenvalue weighted by molar-refractivity contribution is 7.93. The highest BCUT2D eigenvalue weighted by Gasteiger charge is 2.29. The molecule has 2 N–H and O–H groups in total. The molecule has 0 amide bonds. The van der Waals surface area contributed by atoms with Gasteiger partial charge in [0.05, 0.1) is 5.69 Å². The summed E-state index contributed by atoms with van der Waals surface area (Å²) in [5, 5.41) is 19.2. The molecule has 0 aliphatic carbocycles. The third kappa shape index (κ3) is 3.18. The zero-order valence-electron chi connectivity index (χ0n) is 13.0. The summed E-state index contributed by atoms with van der Waals surface area (Å²) in [4.78, 5) is 10.7. The number of carboxylic acids is 1. The van der Waals surface area contributed by atoms with Crippen LogP contribution in [0.1, 0.15) is 22.8 Å². The number of sulfonamides is 1. The average molecular weight is 353 g/mol. The molecule has 0 radical (unpaired) electrons. The molecule has 0 heterocycles. The molecular formula is C16H16FNO5S. The Hall–Kier alpha value is -2.61. The third-order valence-corrected chi connectivity index (χ3v) is 5.32. The van der Waals surface area contributed by atoms with Crippen LogP contribution < -0.4 is 4.31 Å². The second kappa shape index (κ2) is 6.48. The van der Waals surface area contributed by atoms with Crippen LogP contribution in [-0.4, -0.2) is 31.1 Å². The van der Waals surface area contributed by atoms with Crippen LogP contribution in [0.25, 0.3) is 0 Å². The molecule has 8 heteroatoms. The van der Waals surface area contributed by atoms with Crippen LogP contribution >= 0.6 is 0 Å². The minimum Gasteiger partial charge on any atom is -0.506 e. The van der Waals surface area contributed by atoms with Gasteiger partial charge in [0.15, 0.2) is 5.75 Å². The lowest BCUT2D eigenvalue weighted by Gasteiger charge is -2.24. The van der Waals surface area contributed by atoms with Gasteiger partial charge in [0.2, 0.25) is 0 Å². The summed E-state index contributed by atoms with van der Waals surface area (Å²) in [7, 11) is -4.28. The highest BCUT2D eigenvalue weighted by Crippen LogP contribution is 2.33. The number of phenols is 1. The molecule has 0 unspecified atom stereocenters. The Kier molecular flexibility index (Phi) is 4.79. The van der Waals surface area contributed by atoms with E-state index in [4.69, 9.17) is 5.11 Å². The predicted molar refractivity (Wildman–Crippen MR) is 86.4 cm³/mol. The van der Waals surface area contributed by atoms with Crippen molar-refractivity contribution in [2.75, 3.05) is 10.8 Å². The number of aromatic carboxylic acids is 1. The molecule has 0 saturated carbocycles. The van der Waals surface area contributed by atoms with Gasteiger partial charge in [0.25, 0.3) is 10.0 Å². The number of nitrogens with zero attached hydrogens (tertiary/aromatic N) is 1. The summed E-state index contributed by atoms with van der Waals surface area (Å²) in [6, 6.07) is 7.35. The maximum Gasteiger partial charge on any atom is 0.339 e. The maximum absolute atomic E-state index is 13.4. The van der Waals surface area contributed by atoms with E-state index in [2.05, 4.69) is 0 Å². The minimum atomic E-state index is -4.28. The van der Waals surface area contributed by atoms with Crippen LogP contribution in [0.2, 0.25) is 0 Å². The molecule has 6 nitrogen and oxygen atoms in total. The molecule has 0 atom stereocenters. The van der Waals surface area contributed by atoms with Gasteiger partial charge in [-0.05, 0) is 49.7 Å². The summed E-state index contributed by atoms with van der Waals surface area (Å²) < 4.78 is 40.1. The molecule has 0 fully saturated rings. The van der Waals surface area contributed by atoms with E-state index in [1.807, 2.05) is 0 Å². The van der Waals surface area contributed by atoms with E-state index < -0.39 is 38.0 Å². The van der Waals surface area contributed by atoms with Crippen LogP contribution in [0.5, 0.6) is 5.75 Å². The first-order chi connectivity index (χ1) is 11.2. The van der Waals surface area contributed by atoms with Crippen LogP contribution in [0, 0.1) is 12.7 Å². The summed E-state index contributed by atoms with van der Waals surface area (Å²) >= 11 is 0. The number of hydrogen-bond donors (Lipinski definition) is 2. The smallest absolute Gasteiger partial charge is 0.339 e. The number of carbonyl (C=O) groups is 1. The molecule has 0 aromatic heterocycles. The highest BCUT2D eigenvalue weighted by atomic mass is 32.2. The zero-order valence-corrected chi connectivity index (χ0v) is 13.8. The van der Waals surface area contributed by atoms with E-state index >= 15 is 0 Å². The van der Waals surface area contributed by atoms with Crippen molar-refractivity contribution in [1.29, 1.82) is 0 Å². The Morgan fingerprint density at radius 1 is 1.25 bits per heavy atom. The third-order valence-electron chi connectivity index (χ3n) is 3.40. The molecule has 2 rings (SSSR count). The zero-order chi connectivity index (χ0) is 18.1. The van der Waals surface area contributed by atoms with Gasteiger partial charge in [-0.3, -0.25) is 4.31 Å². The number of carboxylic acid groups (broad SMARTS) is 1. The van der Waals surface area contributed by atoms with Crippen molar-refractivity contribution in [1.82, 2.24) is 0 Å². The number of aryl methyl sites for hydroxylation is 1. The van der Waals surface area contributed by atoms with Crippen molar-refractivity contribution in [2.45, 2.75) is 18.7 Å². The largest absolute Gasteiger partial charge is 0.506 e. The molecule has 2 aromatic carbocycles. The lowest BCUT2D eigenvalue weighted by Crippen LogP contribution is -2.31. The number of halogens is 1. The lowest BCUT2D eigenvalue weighted by atomic mass is 10.1. The van der Waals surface area contributed by atoms with Gasteiger partial charge >= 0.3 is 5.97 Å². The number of hydrogen-bond acceptors (Lipinski definition) is 4. The molecule has 128 valence electrons. The van der Waals surface area contributed by atoms with Gasteiger partial charge in [-0.15, -0.1) is 0 Å². The summed E-state index contributed by atoms with van der Waals surface area (Å²) in [5.74, 6) is -2.90. The van der Waals surface area contributed by atoms with Crippen LogP contribution in [-0.2, 0) is 10.0 Å². The SMILES string of the molecule is CCN(c1cccc(F)c1)S(=O)(=O)c1cc(C)cc(C(=O)O)c1O. The fourth-order valence-electron chi connectivity index (χ4n) is 2.35. The number of anilines is 1. The van der Waals surface area contributed by atoms with Crippen molar-refractivity contribution in [3.8, 4) is 5.75 Å². The van der Waals surface area contributed by atoms with E-state index in [1.54, 1.807) is 6.92 Å². The van der Waals surface area contributed by atoms with E-state index in [0.717, 1.165) is 10.4 Å². The molecular weight excluding hydrogens is 337 g/mol. The van der Waals surface area contributed by atoms with Gasteiger partial charge in [-0.1, -0.05) is 6.07 Å². The maximum atomic E-state index is 13.4. The summed E-state index contributed by atoms with van der Waals surface area (Å²) in [6.45, 7) is 3.04. The van der Waals surface area contributed by atoms with Crippen LogP contribution in [0.3, 0.4) is 0 Å². The van der Waals surface area contributed by atoms with Gasteiger partial charge in [0.1, 0.15) is 16.3 Å². The molecule has 0 aliphatic heterocycles. The quantitative estimate of drug-likeness (QED) is 0.862. The second-order valence-corrected chi connectivity index (χ2v) is 6.94. The van der Waals surface area contributed by atoms with E-state index in [9.17, 15) is 22.7 Å². The predicted octanol–water partition coefficient (Wildman–Crippen LogP) is 2.75. The Morgan fingerprint density at radius 3 is 2.46 bits per heavy atom. The molecule has 0 bridgehead atoms. The van der Waals surface area contributed by atoms with Crippen LogP contribution in [0.15, 0.2) is 41.3 Å². The second-order valence-electron chi connectivity index (χ2n) is 5.11. The minimum absolute atomic E-state index is 0.0262. The fourth-order valence-corrected chi connectivity index (χ4v) is 4.00. The van der Waals surface area contributed by atoms with E-state index in [-0.39, 0.29) is 12.2 Å². The molecule has 0 aliphatic rings. The van der Waals surface area contributed by atoms with E-state index in [1.165, 1.54) is 37.3 Å². The van der Waals surface area contributed by atoms with Crippen molar-refractivity contribution < 1.29 is 27.8 Å². The Labute approximate surface area is 138 Å². The van der Waals surface area contributed by atoms with Crippen molar-refractivity contribution in [3.05, 3.63) is 53.3 Å². The van der Waals surface area contributed by atoms with E-state index in [0.29, 0.717) is 5.56 Å². The topological polar surface area (TPSA) is 94.9 Å². The molecule has 2 aromatic rings. The summed E-state index contributed by atoms with van der Waals surface area (Å²) in [6.07, 6.45) is 0. The molecule has 0 spiro atoms.